The first-order valence-corrected chi connectivity index (χ1v) is 10.3. The number of carbonyl (C=O) groups excluding carboxylic acids is 1. The van der Waals surface area contributed by atoms with Crippen molar-refractivity contribution in [2.24, 2.45) is 0 Å². The number of amides is 1. The van der Waals surface area contributed by atoms with Crippen LogP contribution in [0.15, 0.2) is 22.8 Å². The van der Waals surface area contributed by atoms with Crippen LogP contribution in [0.3, 0.4) is 0 Å². The highest BCUT2D eigenvalue weighted by atomic mass is 32.2. The van der Waals surface area contributed by atoms with Gasteiger partial charge in [-0.25, -0.2) is 9.97 Å². The standard InChI is InChI=1S/C17H19N3OS3/c1-10-5-6-22-13(10)7-20(4)14(21)8-23-16-15-11(2)12(3)24-17(15)19-9-18-16/h5-6,9H,7-8H2,1-4H3. The predicted octanol–water partition coefficient (Wildman–Crippen LogP) is 4.43. The van der Waals surface area contributed by atoms with Crippen molar-refractivity contribution in [3.8, 4) is 0 Å². The number of rotatable bonds is 5. The number of thiophene rings is 2. The molecule has 4 nitrogen and oxygen atoms in total. The quantitative estimate of drug-likeness (QED) is 0.487. The maximum Gasteiger partial charge on any atom is 0.233 e. The van der Waals surface area contributed by atoms with Gasteiger partial charge >= 0.3 is 0 Å². The molecule has 24 heavy (non-hydrogen) atoms. The second-order valence-corrected chi connectivity index (χ2v) is 8.88. The number of aryl methyl sites for hydroxylation is 3. The second kappa shape index (κ2) is 7.21. The summed E-state index contributed by atoms with van der Waals surface area (Å²) < 4.78 is 0. The van der Waals surface area contributed by atoms with Crippen LogP contribution < -0.4 is 0 Å². The summed E-state index contributed by atoms with van der Waals surface area (Å²) in [6, 6.07) is 2.09. The van der Waals surface area contributed by atoms with E-state index in [-0.39, 0.29) is 5.91 Å². The summed E-state index contributed by atoms with van der Waals surface area (Å²) in [4.78, 5) is 26.5. The average Bonchev–Trinajstić information content (AvgIpc) is 3.09. The van der Waals surface area contributed by atoms with Crippen LogP contribution in [0.1, 0.15) is 20.9 Å². The molecule has 0 N–H and O–H groups in total. The van der Waals surface area contributed by atoms with Crippen molar-refractivity contribution in [3.05, 3.63) is 38.7 Å². The van der Waals surface area contributed by atoms with E-state index in [1.807, 2.05) is 7.05 Å². The Hall–Kier alpha value is -1.44. The minimum Gasteiger partial charge on any atom is -0.340 e. The van der Waals surface area contributed by atoms with E-state index >= 15 is 0 Å². The molecular formula is C17H19N3OS3. The van der Waals surface area contributed by atoms with E-state index < -0.39 is 0 Å². The SMILES string of the molecule is Cc1ccsc1CN(C)C(=O)CSc1ncnc2sc(C)c(C)c12. The van der Waals surface area contributed by atoms with E-state index in [1.54, 1.807) is 33.9 Å². The fourth-order valence-electron chi connectivity index (χ4n) is 2.37. The lowest BCUT2D eigenvalue weighted by Gasteiger charge is -2.16. The number of hydrogen-bond donors (Lipinski definition) is 0. The van der Waals surface area contributed by atoms with Crippen molar-refractivity contribution < 1.29 is 4.79 Å². The van der Waals surface area contributed by atoms with Crippen molar-refractivity contribution >= 4 is 50.6 Å². The lowest BCUT2D eigenvalue weighted by Crippen LogP contribution is -2.27. The normalized spacial score (nSPS) is 11.2. The minimum absolute atomic E-state index is 0.115. The van der Waals surface area contributed by atoms with E-state index in [0.29, 0.717) is 12.3 Å². The summed E-state index contributed by atoms with van der Waals surface area (Å²) in [6.45, 7) is 6.93. The molecule has 0 aliphatic rings. The van der Waals surface area contributed by atoms with Gasteiger partial charge in [-0.05, 0) is 43.3 Å². The molecule has 3 rings (SSSR count). The van der Waals surface area contributed by atoms with Crippen LogP contribution in [-0.4, -0.2) is 33.6 Å². The van der Waals surface area contributed by atoms with Crippen LogP contribution in [0.25, 0.3) is 10.2 Å². The number of thioether (sulfide) groups is 1. The Morgan fingerprint density at radius 3 is 2.79 bits per heavy atom. The minimum atomic E-state index is 0.115. The number of fused-ring (bicyclic) bond motifs is 1. The van der Waals surface area contributed by atoms with Gasteiger partial charge in [0.15, 0.2) is 0 Å². The van der Waals surface area contributed by atoms with Crippen molar-refractivity contribution in [2.75, 3.05) is 12.8 Å². The zero-order chi connectivity index (χ0) is 17.3. The molecule has 1 amide bonds. The molecule has 0 saturated carbocycles. The Morgan fingerprint density at radius 2 is 2.08 bits per heavy atom. The summed E-state index contributed by atoms with van der Waals surface area (Å²) in [7, 11) is 1.86. The molecular weight excluding hydrogens is 358 g/mol. The first-order valence-electron chi connectivity index (χ1n) is 7.57. The third-order valence-electron chi connectivity index (χ3n) is 4.04. The third-order valence-corrected chi connectivity index (χ3v) is 7.13. The third kappa shape index (κ3) is 3.48. The molecule has 0 saturated heterocycles. The average molecular weight is 378 g/mol. The highest BCUT2D eigenvalue weighted by Gasteiger charge is 2.16. The van der Waals surface area contributed by atoms with Crippen LogP contribution in [0.2, 0.25) is 0 Å². The Balaban J connectivity index is 1.69. The van der Waals surface area contributed by atoms with Crippen molar-refractivity contribution in [2.45, 2.75) is 32.3 Å². The fourth-order valence-corrected chi connectivity index (χ4v) is 5.39. The van der Waals surface area contributed by atoms with Crippen molar-refractivity contribution in [3.63, 3.8) is 0 Å². The van der Waals surface area contributed by atoms with Gasteiger partial charge in [-0.1, -0.05) is 11.8 Å². The summed E-state index contributed by atoms with van der Waals surface area (Å²) in [5.41, 5.74) is 2.46. The van der Waals surface area contributed by atoms with Gasteiger partial charge < -0.3 is 4.90 Å². The number of carbonyl (C=O) groups is 1. The molecule has 0 fully saturated rings. The number of nitrogens with zero attached hydrogens (tertiary/aromatic N) is 3. The predicted molar refractivity (Wildman–Crippen MR) is 103 cm³/mol. The van der Waals surface area contributed by atoms with Crippen LogP contribution in [-0.2, 0) is 11.3 Å². The van der Waals surface area contributed by atoms with Gasteiger partial charge in [0.25, 0.3) is 0 Å². The van der Waals surface area contributed by atoms with E-state index in [1.165, 1.54) is 32.6 Å². The lowest BCUT2D eigenvalue weighted by atomic mass is 10.2. The van der Waals surface area contributed by atoms with Gasteiger partial charge in [-0.3, -0.25) is 4.79 Å². The summed E-state index contributed by atoms with van der Waals surface area (Å²) in [5.74, 6) is 0.505. The number of hydrogen-bond acceptors (Lipinski definition) is 6. The van der Waals surface area contributed by atoms with Crippen molar-refractivity contribution in [1.29, 1.82) is 0 Å². The molecule has 3 aromatic heterocycles. The zero-order valence-corrected chi connectivity index (χ0v) is 16.6. The largest absolute Gasteiger partial charge is 0.340 e. The fraction of sp³-hybridized carbons (Fsp3) is 0.353. The number of aromatic nitrogens is 2. The molecule has 7 heteroatoms. The van der Waals surface area contributed by atoms with E-state index in [2.05, 4.69) is 42.2 Å². The van der Waals surface area contributed by atoms with Crippen molar-refractivity contribution in [1.82, 2.24) is 14.9 Å². The van der Waals surface area contributed by atoms with Crippen LogP contribution in [0.5, 0.6) is 0 Å². The first-order chi connectivity index (χ1) is 11.5. The summed E-state index contributed by atoms with van der Waals surface area (Å²) in [6.07, 6.45) is 1.59. The smallest absolute Gasteiger partial charge is 0.233 e. The molecule has 0 bridgehead atoms. The van der Waals surface area contributed by atoms with Crippen LogP contribution in [0.4, 0.5) is 0 Å². The van der Waals surface area contributed by atoms with Gasteiger partial charge in [0.05, 0.1) is 12.3 Å². The summed E-state index contributed by atoms with van der Waals surface area (Å²) >= 11 is 4.87. The van der Waals surface area contributed by atoms with Gasteiger partial charge in [-0.15, -0.1) is 22.7 Å². The molecule has 0 unspecified atom stereocenters. The maximum atomic E-state index is 12.4. The Morgan fingerprint density at radius 1 is 1.29 bits per heavy atom. The van der Waals surface area contributed by atoms with Crippen LogP contribution >= 0.6 is 34.4 Å². The highest BCUT2D eigenvalue weighted by molar-refractivity contribution is 8.00. The molecule has 0 aromatic carbocycles. The van der Waals surface area contributed by atoms with Gasteiger partial charge in [0, 0.05) is 22.2 Å². The highest BCUT2D eigenvalue weighted by Crippen LogP contribution is 2.34. The Kier molecular flexibility index (Phi) is 5.22. The molecule has 0 radical (unpaired) electrons. The second-order valence-electron chi connectivity index (χ2n) is 5.71. The molecule has 3 aromatic rings. The molecule has 0 aliphatic carbocycles. The molecule has 126 valence electrons. The molecule has 0 aliphatic heterocycles. The topological polar surface area (TPSA) is 46.1 Å². The van der Waals surface area contributed by atoms with E-state index in [4.69, 9.17) is 0 Å². The van der Waals surface area contributed by atoms with E-state index in [0.717, 1.165) is 15.2 Å². The zero-order valence-electron chi connectivity index (χ0n) is 14.1. The van der Waals surface area contributed by atoms with Gasteiger partial charge in [0.2, 0.25) is 5.91 Å². The lowest BCUT2D eigenvalue weighted by molar-refractivity contribution is -0.127. The van der Waals surface area contributed by atoms with Crippen LogP contribution in [0, 0.1) is 20.8 Å². The Labute approximate surface area is 153 Å². The monoisotopic (exact) mass is 377 g/mol. The molecule has 0 atom stereocenters. The first kappa shape index (κ1) is 17.4. The van der Waals surface area contributed by atoms with E-state index in [9.17, 15) is 4.79 Å². The van der Waals surface area contributed by atoms with Gasteiger partial charge in [0.1, 0.15) is 16.2 Å². The Bertz CT molecular complexity index is 884. The molecule has 3 heterocycles. The summed E-state index contributed by atoms with van der Waals surface area (Å²) in [5, 5.41) is 4.06. The molecule has 0 spiro atoms. The van der Waals surface area contributed by atoms with Gasteiger partial charge in [-0.2, -0.15) is 0 Å². The maximum absolute atomic E-state index is 12.4.